The molecule has 0 atom stereocenters. The minimum atomic E-state index is -0.885. The lowest BCUT2D eigenvalue weighted by Crippen LogP contribution is -2.19. The minimum absolute atomic E-state index is 0.0808. The Bertz CT molecular complexity index is 1460. The van der Waals surface area contributed by atoms with E-state index in [2.05, 4.69) is 79.4 Å². The van der Waals surface area contributed by atoms with Gasteiger partial charge in [-0.3, -0.25) is 9.78 Å². The Morgan fingerprint density at radius 1 is 0.949 bits per heavy atom. The molecule has 0 aliphatic carbocycles. The normalized spacial score (nSPS) is 11.5. The van der Waals surface area contributed by atoms with Gasteiger partial charge in [0.05, 0.1) is 19.6 Å². The van der Waals surface area contributed by atoms with Crippen LogP contribution in [0.25, 0.3) is 11.1 Å². The van der Waals surface area contributed by atoms with Crippen molar-refractivity contribution in [2.45, 2.75) is 65.3 Å². The third-order valence-electron chi connectivity index (χ3n) is 6.75. The summed E-state index contributed by atoms with van der Waals surface area (Å²) in [5.74, 6) is 0.423. The summed E-state index contributed by atoms with van der Waals surface area (Å²) in [5, 5.41) is 13.8. The lowest BCUT2D eigenvalue weighted by molar-refractivity contribution is -0.136. The molecule has 0 aliphatic rings. The maximum absolute atomic E-state index is 12.4. The zero-order valence-electron chi connectivity index (χ0n) is 23.2. The summed E-state index contributed by atoms with van der Waals surface area (Å²) in [6.45, 7) is 9.36. The predicted molar refractivity (Wildman–Crippen MR) is 154 cm³/mol. The molecule has 4 aromatic rings. The number of nitrogens with zero attached hydrogens (tertiary/aromatic N) is 2. The van der Waals surface area contributed by atoms with E-state index in [9.17, 15) is 14.7 Å². The molecule has 0 aliphatic heterocycles. The molecule has 0 amide bonds. The zero-order valence-corrected chi connectivity index (χ0v) is 23.2. The van der Waals surface area contributed by atoms with Crippen LogP contribution in [0.3, 0.4) is 0 Å². The molecule has 0 fully saturated rings. The molecule has 0 spiro atoms. The van der Waals surface area contributed by atoms with E-state index < -0.39 is 5.97 Å². The Labute approximate surface area is 229 Å². The fourth-order valence-electron chi connectivity index (χ4n) is 4.59. The van der Waals surface area contributed by atoms with Crippen LogP contribution in [-0.2, 0) is 36.0 Å². The van der Waals surface area contributed by atoms with E-state index in [-0.39, 0.29) is 17.5 Å². The molecule has 3 aromatic carbocycles. The molecule has 204 valence electrons. The van der Waals surface area contributed by atoms with Crippen LogP contribution in [0.1, 0.15) is 62.2 Å². The van der Waals surface area contributed by atoms with Crippen molar-refractivity contribution in [3.8, 4) is 16.9 Å². The maximum Gasteiger partial charge on any atom is 0.343 e. The van der Waals surface area contributed by atoms with Crippen LogP contribution in [0, 0.1) is 0 Å². The molecule has 39 heavy (non-hydrogen) atoms. The Hall–Kier alpha value is -4.13. The summed E-state index contributed by atoms with van der Waals surface area (Å²) in [6, 6.07) is 22.3. The van der Waals surface area contributed by atoms with Crippen molar-refractivity contribution in [3.63, 3.8) is 0 Å². The molecule has 0 saturated carbocycles. The second-order valence-electron chi connectivity index (χ2n) is 10.9. The van der Waals surface area contributed by atoms with Gasteiger partial charge in [-0.15, -0.1) is 0 Å². The highest BCUT2D eigenvalue weighted by molar-refractivity contribution is 5.74. The SMILES string of the molecule is CCOc1ccc(-c2ccc(CCCc3nn(Cc4ccc(C(C)(C)C)cc4)c(=O)[nH]3)cc2)cc1CC(=O)O. The quantitative estimate of drug-likeness (QED) is 0.258. The topological polar surface area (TPSA) is 97.2 Å². The molecule has 0 radical (unpaired) electrons. The molecule has 7 nitrogen and oxygen atoms in total. The highest BCUT2D eigenvalue weighted by Crippen LogP contribution is 2.28. The van der Waals surface area contributed by atoms with Crippen molar-refractivity contribution in [1.29, 1.82) is 0 Å². The van der Waals surface area contributed by atoms with Crippen LogP contribution < -0.4 is 10.4 Å². The number of hydrogen-bond donors (Lipinski definition) is 2. The van der Waals surface area contributed by atoms with Gasteiger partial charge >= 0.3 is 11.7 Å². The molecule has 7 heteroatoms. The van der Waals surface area contributed by atoms with E-state index >= 15 is 0 Å². The average Bonchev–Trinajstić information content (AvgIpc) is 3.23. The van der Waals surface area contributed by atoms with Gasteiger partial charge in [-0.05, 0) is 65.1 Å². The third kappa shape index (κ3) is 7.47. The van der Waals surface area contributed by atoms with Crippen molar-refractivity contribution in [1.82, 2.24) is 14.8 Å². The number of nitrogens with one attached hydrogen (secondary N) is 1. The summed E-state index contributed by atoms with van der Waals surface area (Å²) in [7, 11) is 0. The summed E-state index contributed by atoms with van der Waals surface area (Å²) < 4.78 is 7.08. The van der Waals surface area contributed by atoms with E-state index in [4.69, 9.17) is 4.74 Å². The number of H-pyrrole nitrogens is 1. The van der Waals surface area contributed by atoms with Crippen LogP contribution >= 0.6 is 0 Å². The first kappa shape index (κ1) is 27.9. The van der Waals surface area contributed by atoms with Gasteiger partial charge in [-0.2, -0.15) is 5.10 Å². The number of aryl methyl sites for hydroxylation is 2. The number of ether oxygens (including phenoxy) is 1. The van der Waals surface area contributed by atoms with E-state index in [1.54, 1.807) is 0 Å². The highest BCUT2D eigenvalue weighted by Gasteiger charge is 2.14. The van der Waals surface area contributed by atoms with Crippen LogP contribution in [0.15, 0.2) is 71.5 Å². The molecular formula is C32H37N3O4. The number of rotatable bonds is 11. The standard InChI is InChI=1S/C32H37N3O4/c1-5-39-28-18-15-25(19-26(28)20-30(36)37)24-13-9-22(10-14-24)7-6-8-29-33-31(38)35(34-29)21-23-11-16-27(17-12-23)32(2,3)4/h9-19H,5-8,20-21H2,1-4H3,(H,36,37)(H,33,34,38). The highest BCUT2D eigenvalue weighted by atomic mass is 16.5. The first-order chi connectivity index (χ1) is 18.6. The van der Waals surface area contributed by atoms with E-state index in [1.807, 2.05) is 25.1 Å². The Morgan fingerprint density at radius 2 is 1.62 bits per heavy atom. The van der Waals surface area contributed by atoms with Crippen LogP contribution in [0.2, 0.25) is 0 Å². The number of aliphatic carboxylic acids is 1. The molecule has 1 heterocycles. The van der Waals surface area contributed by atoms with Gasteiger partial charge in [-0.25, -0.2) is 9.48 Å². The largest absolute Gasteiger partial charge is 0.494 e. The molecule has 0 bridgehead atoms. The minimum Gasteiger partial charge on any atom is -0.494 e. The fraction of sp³-hybridized carbons (Fsp3) is 0.344. The van der Waals surface area contributed by atoms with Gasteiger partial charge < -0.3 is 9.84 Å². The summed E-state index contributed by atoms with van der Waals surface area (Å²) >= 11 is 0. The van der Waals surface area contributed by atoms with Crippen molar-refractivity contribution in [2.75, 3.05) is 6.61 Å². The van der Waals surface area contributed by atoms with Gasteiger partial charge in [0.15, 0.2) is 0 Å². The lowest BCUT2D eigenvalue weighted by Gasteiger charge is -2.19. The molecule has 4 rings (SSSR count). The first-order valence-electron chi connectivity index (χ1n) is 13.4. The summed E-state index contributed by atoms with van der Waals surface area (Å²) in [5.41, 5.74) is 6.05. The maximum atomic E-state index is 12.4. The molecule has 2 N–H and O–H groups in total. The second kappa shape index (κ2) is 12.2. The number of carbonyl (C=O) groups is 1. The Morgan fingerprint density at radius 3 is 2.26 bits per heavy atom. The number of benzene rings is 3. The smallest absolute Gasteiger partial charge is 0.343 e. The molecular weight excluding hydrogens is 490 g/mol. The summed E-state index contributed by atoms with van der Waals surface area (Å²) in [6.07, 6.45) is 2.32. The zero-order chi connectivity index (χ0) is 28.0. The van der Waals surface area contributed by atoms with Gasteiger partial charge in [0.1, 0.15) is 11.6 Å². The number of carboxylic acids is 1. The number of hydrogen-bond acceptors (Lipinski definition) is 4. The number of carboxylic acid groups (broad SMARTS) is 1. The average molecular weight is 528 g/mol. The summed E-state index contributed by atoms with van der Waals surface area (Å²) in [4.78, 5) is 26.6. The van der Waals surface area contributed by atoms with Gasteiger partial charge in [-0.1, -0.05) is 75.4 Å². The van der Waals surface area contributed by atoms with Crippen molar-refractivity contribution in [2.24, 2.45) is 0 Å². The van der Waals surface area contributed by atoms with Crippen molar-refractivity contribution < 1.29 is 14.6 Å². The van der Waals surface area contributed by atoms with E-state index in [0.717, 1.165) is 29.5 Å². The number of aromatic nitrogens is 3. The molecule has 1 aromatic heterocycles. The monoisotopic (exact) mass is 527 g/mol. The first-order valence-corrected chi connectivity index (χ1v) is 13.4. The predicted octanol–water partition coefficient (Wildman–Crippen LogP) is 5.79. The number of aromatic amines is 1. The van der Waals surface area contributed by atoms with Crippen molar-refractivity contribution >= 4 is 5.97 Å². The Kier molecular flexibility index (Phi) is 8.69. The second-order valence-corrected chi connectivity index (χ2v) is 10.9. The van der Waals surface area contributed by atoms with E-state index in [0.29, 0.717) is 36.7 Å². The van der Waals surface area contributed by atoms with Gasteiger partial charge in [0.25, 0.3) is 0 Å². The fourth-order valence-corrected chi connectivity index (χ4v) is 4.59. The lowest BCUT2D eigenvalue weighted by atomic mass is 9.87. The van der Waals surface area contributed by atoms with E-state index in [1.165, 1.54) is 15.8 Å². The Balaban J connectivity index is 1.34. The third-order valence-corrected chi connectivity index (χ3v) is 6.75. The van der Waals surface area contributed by atoms with Gasteiger partial charge in [0.2, 0.25) is 0 Å². The molecule has 0 unspecified atom stereocenters. The van der Waals surface area contributed by atoms with Crippen LogP contribution in [-0.4, -0.2) is 32.4 Å². The van der Waals surface area contributed by atoms with Crippen LogP contribution in [0.4, 0.5) is 0 Å². The van der Waals surface area contributed by atoms with Crippen molar-refractivity contribution in [3.05, 3.63) is 105 Å². The van der Waals surface area contributed by atoms with Crippen LogP contribution in [0.5, 0.6) is 5.75 Å². The molecule has 0 saturated heterocycles. The van der Waals surface area contributed by atoms with Gasteiger partial charge in [0, 0.05) is 12.0 Å².